The number of hydrogen-bond donors (Lipinski definition) is 1. The Labute approximate surface area is 125 Å². The van der Waals surface area contributed by atoms with Crippen LogP contribution < -0.4 is 5.32 Å². The second-order valence-electron chi connectivity index (χ2n) is 4.48. The molecule has 7 heteroatoms. The summed E-state index contributed by atoms with van der Waals surface area (Å²) < 4.78 is 5.50. The zero-order chi connectivity index (χ0) is 13.9. The molecule has 0 spiro atoms. The van der Waals surface area contributed by atoms with Gasteiger partial charge in [-0.05, 0) is 25.0 Å². The minimum absolute atomic E-state index is 0.00464. The number of halogens is 1. The number of carbonyl (C=O) groups excluding carboxylic acids is 1. The van der Waals surface area contributed by atoms with Gasteiger partial charge in [0, 0.05) is 6.04 Å². The third-order valence-electron chi connectivity index (χ3n) is 2.78. The quantitative estimate of drug-likeness (QED) is 0.860. The van der Waals surface area contributed by atoms with Crippen molar-refractivity contribution in [3.8, 4) is 11.5 Å². The van der Waals surface area contributed by atoms with E-state index < -0.39 is 0 Å². The molecule has 1 aromatic heterocycles. The van der Waals surface area contributed by atoms with Crippen molar-refractivity contribution in [1.82, 2.24) is 15.5 Å². The molecule has 0 bridgehead atoms. The van der Waals surface area contributed by atoms with Gasteiger partial charge in [-0.3, -0.25) is 4.79 Å². The van der Waals surface area contributed by atoms with E-state index in [1.807, 2.05) is 18.2 Å². The van der Waals surface area contributed by atoms with Crippen LogP contribution in [-0.2, 0) is 4.79 Å². The van der Waals surface area contributed by atoms with Crippen molar-refractivity contribution >= 4 is 29.3 Å². The van der Waals surface area contributed by atoms with Crippen molar-refractivity contribution in [2.75, 3.05) is 5.75 Å². The van der Waals surface area contributed by atoms with Crippen LogP contribution in [0.4, 0.5) is 0 Å². The summed E-state index contributed by atoms with van der Waals surface area (Å²) in [6, 6.07) is 7.62. The molecule has 1 heterocycles. The van der Waals surface area contributed by atoms with Gasteiger partial charge >= 0.3 is 0 Å². The monoisotopic (exact) mass is 309 g/mol. The minimum atomic E-state index is -0.00464. The van der Waals surface area contributed by atoms with Crippen LogP contribution >= 0.6 is 23.4 Å². The Balaban J connectivity index is 1.61. The first-order valence-corrected chi connectivity index (χ1v) is 7.59. The van der Waals surface area contributed by atoms with Crippen LogP contribution in [0.5, 0.6) is 0 Å². The van der Waals surface area contributed by atoms with Gasteiger partial charge in [-0.2, -0.15) is 0 Å². The lowest BCUT2D eigenvalue weighted by Gasteiger charge is -2.00. The zero-order valence-electron chi connectivity index (χ0n) is 10.5. The largest absolute Gasteiger partial charge is 0.411 e. The molecule has 20 heavy (non-hydrogen) atoms. The lowest BCUT2D eigenvalue weighted by molar-refractivity contribution is -0.118. The summed E-state index contributed by atoms with van der Waals surface area (Å²) in [7, 11) is 0. The Bertz CT molecular complexity index is 628. The van der Waals surface area contributed by atoms with Gasteiger partial charge in [0.15, 0.2) is 0 Å². The van der Waals surface area contributed by atoms with E-state index in [9.17, 15) is 4.79 Å². The fourth-order valence-electron chi connectivity index (χ4n) is 1.64. The lowest BCUT2D eigenvalue weighted by Crippen LogP contribution is -2.26. The second-order valence-corrected chi connectivity index (χ2v) is 5.82. The standard InChI is InChI=1S/C13H12ClN3O2S/c14-10-4-2-1-3-9(10)12-16-17-13(19-12)20-7-11(18)15-8-5-6-8/h1-4,8H,5-7H2,(H,15,18). The van der Waals surface area contributed by atoms with E-state index in [4.69, 9.17) is 16.0 Å². The summed E-state index contributed by atoms with van der Waals surface area (Å²) in [5.41, 5.74) is 0.691. The molecular weight excluding hydrogens is 298 g/mol. The third-order valence-corrected chi connectivity index (χ3v) is 3.93. The van der Waals surface area contributed by atoms with Crippen LogP contribution in [0.15, 0.2) is 33.9 Å². The number of nitrogens with one attached hydrogen (secondary N) is 1. The summed E-state index contributed by atoms with van der Waals surface area (Å²) in [5, 5.41) is 11.7. The molecule has 0 radical (unpaired) electrons. The molecule has 1 aliphatic rings. The maximum atomic E-state index is 11.6. The molecule has 0 saturated heterocycles. The van der Waals surface area contributed by atoms with Crippen LogP contribution in [0.25, 0.3) is 11.5 Å². The van der Waals surface area contributed by atoms with Crippen molar-refractivity contribution in [2.45, 2.75) is 24.1 Å². The molecule has 0 aliphatic heterocycles. The van der Waals surface area contributed by atoms with Gasteiger partial charge in [-0.25, -0.2) is 0 Å². The summed E-state index contributed by atoms with van der Waals surface area (Å²) in [5.74, 6) is 0.636. The lowest BCUT2D eigenvalue weighted by atomic mass is 10.2. The number of aromatic nitrogens is 2. The first kappa shape index (κ1) is 13.5. The SMILES string of the molecule is O=C(CSc1nnc(-c2ccccc2Cl)o1)NC1CC1. The van der Waals surface area contributed by atoms with Gasteiger partial charge in [-0.1, -0.05) is 35.5 Å². The summed E-state index contributed by atoms with van der Waals surface area (Å²) >= 11 is 7.29. The molecule has 1 N–H and O–H groups in total. The van der Waals surface area contributed by atoms with Crippen LogP contribution in [0.1, 0.15) is 12.8 Å². The van der Waals surface area contributed by atoms with Gasteiger partial charge in [0.05, 0.1) is 16.3 Å². The van der Waals surface area contributed by atoms with Gasteiger partial charge in [-0.15, -0.1) is 10.2 Å². The van der Waals surface area contributed by atoms with E-state index in [2.05, 4.69) is 15.5 Å². The Morgan fingerprint density at radius 1 is 1.40 bits per heavy atom. The van der Waals surface area contributed by atoms with E-state index in [1.54, 1.807) is 6.07 Å². The van der Waals surface area contributed by atoms with E-state index in [0.717, 1.165) is 12.8 Å². The first-order valence-electron chi connectivity index (χ1n) is 6.23. The molecule has 1 saturated carbocycles. The summed E-state index contributed by atoms with van der Waals surface area (Å²) in [6.07, 6.45) is 2.15. The highest BCUT2D eigenvalue weighted by Gasteiger charge is 2.23. The van der Waals surface area contributed by atoms with Crippen LogP contribution in [0, 0.1) is 0 Å². The van der Waals surface area contributed by atoms with E-state index in [0.29, 0.717) is 27.7 Å². The maximum absolute atomic E-state index is 11.6. The molecule has 1 aromatic carbocycles. The van der Waals surface area contributed by atoms with Crippen molar-refractivity contribution in [2.24, 2.45) is 0 Å². The number of rotatable bonds is 5. The van der Waals surface area contributed by atoms with E-state index in [1.165, 1.54) is 11.8 Å². The molecule has 1 aliphatic carbocycles. The van der Waals surface area contributed by atoms with Gasteiger partial charge in [0.25, 0.3) is 5.22 Å². The van der Waals surface area contributed by atoms with Crippen molar-refractivity contribution in [3.05, 3.63) is 29.3 Å². The normalized spacial score (nSPS) is 14.2. The number of nitrogens with zero attached hydrogens (tertiary/aromatic N) is 2. The topological polar surface area (TPSA) is 68.0 Å². The molecule has 1 amide bonds. The van der Waals surface area contributed by atoms with Crippen molar-refractivity contribution < 1.29 is 9.21 Å². The highest BCUT2D eigenvalue weighted by molar-refractivity contribution is 7.99. The number of thioether (sulfide) groups is 1. The highest BCUT2D eigenvalue weighted by Crippen LogP contribution is 2.28. The van der Waals surface area contributed by atoms with Crippen LogP contribution in [0.3, 0.4) is 0 Å². The molecule has 5 nitrogen and oxygen atoms in total. The minimum Gasteiger partial charge on any atom is -0.411 e. The maximum Gasteiger partial charge on any atom is 0.277 e. The van der Waals surface area contributed by atoms with E-state index in [-0.39, 0.29) is 11.7 Å². The van der Waals surface area contributed by atoms with Crippen LogP contribution in [0.2, 0.25) is 5.02 Å². The van der Waals surface area contributed by atoms with Gasteiger partial charge in [0.1, 0.15) is 0 Å². The molecule has 0 atom stereocenters. The number of benzene rings is 1. The Kier molecular flexibility index (Phi) is 3.93. The van der Waals surface area contributed by atoms with Crippen molar-refractivity contribution in [1.29, 1.82) is 0 Å². The summed E-state index contributed by atoms with van der Waals surface area (Å²) in [6.45, 7) is 0. The van der Waals surface area contributed by atoms with Gasteiger partial charge < -0.3 is 9.73 Å². The molecule has 2 aromatic rings. The fourth-order valence-corrected chi connectivity index (χ4v) is 2.43. The number of hydrogen-bond acceptors (Lipinski definition) is 5. The van der Waals surface area contributed by atoms with Gasteiger partial charge in [0.2, 0.25) is 11.8 Å². The molecule has 1 fully saturated rings. The zero-order valence-corrected chi connectivity index (χ0v) is 12.1. The third kappa shape index (κ3) is 3.32. The molecule has 3 rings (SSSR count). The molecule has 0 unspecified atom stereocenters. The predicted octanol–water partition coefficient (Wildman–Crippen LogP) is 2.76. The Morgan fingerprint density at radius 2 is 2.20 bits per heavy atom. The Hall–Kier alpha value is -1.53. The van der Waals surface area contributed by atoms with Crippen LogP contribution in [-0.4, -0.2) is 27.9 Å². The molecule has 104 valence electrons. The average Bonchev–Trinajstić information content (AvgIpc) is 3.12. The number of carbonyl (C=O) groups is 1. The van der Waals surface area contributed by atoms with E-state index >= 15 is 0 Å². The summed E-state index contributed by atoms with van der Waals surface area (Å²) in [4.78, 5) is 11.6. The highest BCUT2D eigenvalue weighted by atomic mass is 35.5. The first-order chi connectivity index (χ1) is 9.72. The van der Waals surface area contributed by atoms with Crippen molar-refractivity contribution in [3.63, 3.8) is 0 Å². The smallest absolute Gasteiger partial charge is 0.277 e. The second kappa shape index (κ2) is 5.85. The fraction of sp³-hybridized carbons (Fsp3) is 0.308. The average molecular weight is 310 g/mol. The molecular formula is C13H12ClN3O2S. The Morgan fingerprint density at radius 3 is 2.95 bits per heavy atom. The number of amides is 1. The predicted molar refractivity (Wildman–Crippen MR) is 76.6 cm³/mol.